The van der Waals surface area contributed by atoms with Crippen LogP contribution in [-0.2, 0) is 6.54 Å². The Balaban J connectivity index is 1.87. The average Bonchev–Trinajstić information content (AvgIpc) is 2.71. The molecule has 0 amide bonds. The number of unbranched alkanes of at least 4 members (excludes halogenated alkanes) is 1. The number of H-pyrrole nitrogens is 1. The van der Waals surface area contributed by atoms with E-state index in [2.05, 4.69) is 29.7 Å². The van der Waals surface area contributed by atoms with Crippen LogP contribution in [0.1, 0.15) is 18.4 Å². The van der Waals surface area contributed by atoms with Crippen molar-refractivity contribution < 1.29 is 9.13 Å². The highest BCUT2D eigenvalue weighted by atomic mass is 31.0. The van der Waals surface area contributed by atoms with Crippen molar-refractivity contribution in [2.75, 3.05) is 30.3 Å². The number of pyridine rings is 1. The van der Waals surface area contributed by atoms with Gasteiger partial charge in [0.1, 0.15) is 17.0 Å². The lowest BCUT2D eigenvalue weighted by Crippen LogP contribution is -2.17. The summed E-state index contributed by atoms with van der Waals surface area (Å²) in [7, 11) is 4.24. The van der Waals surface area contributed by atoms with Gasteiger partial charge in [-0.1, -0.05) is 12.1 Å². The number of ether oxygens (including phenoxy) is 1. The van der Waals surface area contributed by atoms with Gasteiger partial charge in [-0.15, -0.1) is 0 Å². The second-order valence-corrected chi connectivity index (χ2v) is 6.86. The number of rotatable bonds is 9. The number of nitrogens with zero attached hydrogens (tertiary/aromatic N) is 3. The summed E-state index contributed by atoms with van der Waals surface area (Å²) >= 11 is 0. The fraction of sp³-hybridized carbons (Fsp3) is 0.316. The Hall–Kier alpha value is -2.73. The van der Waals surface area contributed by atoms with E-state index in [-0.39, 0.29) is 12.2 Å². The summed E-state index contributed by atoms with van der Waals surface area (Å²) in [6, 6.07) is 9.47. The van der Waals surface area contributed by atoms with Gasteiger partial charge in [0.2, 0.25) is 5.95 Å². The van der Waals surface area contributed by atoms with Crippen molar-refractivity contribution in [2.45, 2.75) is 19.4 Å². The van der Waals surface area contributed by atoms with Crippen molar-refractivity contribution >= 4 is 32.1 Å². The Morgan fingerprint density at radius 3 is 2.71 bits per heavy atom. The molecule has 0 saturated carbocycles. The molecule has 0 spiro atoms. The van der Waals surface area contributed by atoms with E-state index in [1.165, 1.54) is 0 Å². The number of benzene rings is 1. The summed E-state index contributed by atoms with van der Waals surface area (Å²) in [5.41, 5.74) is 1.34. The molecule has 2 N–H and O–H groups in total. The number of aromatic amines is 1. The van der Waals surface area contributed by atoms with Crippen LogP contribution in [0.4, 0.5) is 16.2 Å². The molecule has 148 valence electrons. The van der Waals surface area contributed by atoms with Crippen LogP contribution in [0, 0.1) is 0 Å². The van der Waals surface area contributed by atoms with Crippen LogP contribution in [0.3, 0.4) is 0 Å². The number of halogens is 1. The molecule has 1 atom stereocenters. The summed E-state index contributed by atoms with van der Waals surface area (Å²) < 4.78 is 19.3. The summed E-state index contributed by atoms with van der Waals surface area (Å²) in [5.74, 6) is 1.70. The van der Waals surface area contributed by atoms with Crippen LogP contribution in [-0.4, -0.2) is 35.3 Å². The normalized spacial score (nSPS) is 10.8. The van der Waals surface area contributed by atoms with E-state index in [1.807, 2.05) is 28.9 Å². The average molecular weight is 403 g/mol. The minimum absolute atomic E-state index is 0.262. The zero-order valence-corrected chi connectivity index (χ0v) is 16.8. The van der Waals surface area contributed by atoms with E-state index in [9.17, 15) is 9.18 Å². The van der Waals surface area contributed by atoms with Gasteiger partial charge in [0.05, 0.1) is 19.3 Å². The Bertz CT molecular complexity index is 980. The minimum atomic E-state index is -0.362. The Morgan fingerprint density at radius 1 is 1.21 bits per heavy atom. The van der Waals surface area contributed by atoms with E-state index >= 15 is 0 Å². The van der Waals surface area contributed by atoms with Crippen molar-refractivity contribution in [3.63, 3.8) is 0 Å². The van der Waals surface area contributed by atoms with Gasteiger partial charge in [0.15, 0.2) is 0 Å². The lowest BCUT2D eigenvalue weighted by molar-refractivity contribution is 0.414. The topological polar surface area (TPSA) is 83.1 Å². The largest absolute Gasteiger partial charge is 0.497 e. The summed E-state index contributed by atoms with van der Waals surface area (Å²) in [5, 5.41) is 3.54. The van der Waals surface area contributed by atoms with Crippen LogP contribution >= 0.6 is 9.39 Å². The molecule has 0 bridgehead atoms. The monoisotopic (exact) mass is 403 g/mol. The predicted octanol–water partition coefficient (Wildman–Crippen LogP) is 3.29. The van der Waals surface area contributed by atoms with Gasteiger partial charge in [-0.2, -0.15) is 4.98 Å². The summed E-state index contributed by atoms with van der Waals surface area (Å²) in [4.78, 5) is 24.0. The second kappa shape index (κ2) is 9.46. The molecule has 0 radical (unpaired) electrons. The molecule has 7 nitrogen and oxygen atoms in total. The predicted molar refractivity (Wildman–Crippen MR) is 113 cm³/mol. The molecule has 0 saturated heterocycles. The third-order valence-corrected chi connectivity index (χ3v) is 4.64. The molecule has 9 heteroatoms. The molecule has 3 rings (SSSR count). The number of aromatic nitrogens is 3. The highest BCUT2D eigenvalue weighted by Crippen LogP contribution is 2.24. The number of anilines is 2. The van der Waals surface area contributed by atoms with Gasteiger partial charge >= 0.3 is 0 Å². The fourth-order valence-corrected chi connectivity index (χ4v) is 3.09. The number of fused-ring (bicyclic) bond motifs is 1. The van der Waals surface area contributed by atoms with Crippen LogP contribution in [0.15, 0.2) is 41.3 Å². The van der Waals surface area contributed by atoms with E-state index in [0.29, 0.717) is 48.6 Å². The van der Waals surface area contributed by atoms with Crippen molar-refractivity contribution in [3.05, 3.63) is 52.4 Å². The van der Waals surface area contributed by atoms with Gasteiger partial charge in [-0.3, -0.25) is 9.18 Å². The van der Waals surface area contributed by atoms with E-state index in [0.717, 1.165) is 11.3 Å². The third-order valence-electron chi connectivity index (χ3n) is 4.23. The van der Waals surface area contributed by atoms with Gasteiger partial charge in [0, 0.05) is 19.3 Å². The summed E-state index contributed by atoms with van der Waals surface area (Å²) in [6.45, 7) is 0.725. The molecule has 0 fully saturated rings. The Morgan fingerprint density at radius 2 is 2.00 bits per heavy atom. The van der Waals surface area contributed by atoms with Crippen molar-refractivity contribution in [1.29, 1.82) is 0 Å². The van der Waals surface area contributed by atoms with Crippen LogP contribution in [0.5, 0.6) is 5.75 Å². The maximum atomic E-state index is 12.3. The van der Waals surface area contributed by atoms with Gasteiger partial charge in [0.25, 0.3) is 5.56 Å². The number of hydrogen-bond donors (Lipinski definition) is 2. The van der Waals surface area contributed by atoms with Crippen molar-refractivity contribution in [3.8, 4) is 5.75 Å². The quantitative estimate of drug-likeness (QED) is 0.421. The lowest BCUT2D eigenvalue weighted by atomic mass is 10.2. The first kappa shape index (κ1) is 20.0. The van der Waals surface area contributed by atoms with Crippen molar-refractivity contribution in [1.82, 2.24) is 15.0 Å². The van der Waals surface area contributed by atoms with Crippen LogP contribution in [0.25, 0.3) is 10.9 Å². The lowest BCUT2D eigenvalue weighted by Gasteiger charge is -2.19. The molecule has 0 aliphatic heterocycles. The molecule has 0 aliphatic carbocycles. The standard InChI is InChI=1S/C19H23FN5O2P/c1-27-14-6-4-13(5-7-14)12-25(28)19-23-15-8-11-22-18(26)16(15)17(24-19)21-10-3-2-9-20/h4-8,11H,2-3,9-10,12,28H2,1H3,(H,22,26)(H,21,23,24). The minimum Gasteiger partial charge on any atom is -0.497 e. The number of methoxy groups -OCH3 is 1. The number of hydrogen-bond acceptors (Lipinski definition) is 6. The van der Waals surface area contributed by atoms with E-state index in [4.69, 9.17) is 4.74 Å². The molecular formula is C19H23FN5O2P. The molecule has 28 heavy (non-hydrogen) atoms. The fourth-order valence-electron chi connectivity index (χ4n) is 2.76. The third kappa shape index (κ3) is 4.75. The highest BCUT2D eigenvalue weighted by molar-refractivity contribution is 7.18. The molecular weight excluding hydrogens is 380 g/mol. The van der Waals surface area contributed by atoms with Gasteiger partial charge in [-0.05, 0) is 46.0 Å². The molecule has 2 heterocycles. The van der Waals surface area contributed by atoms with Crippen molar-refractivity contribution in [2.24, 2.45) is 0 Å². The first-order chi connectivity index (χ1) is 13.6. The van der Waals surface area contributed by atoms with Crippen LogP contribution < -0.4 is 20.3 Å². The Kier molecular flexibility index (Phi) is 6.76. The molecule has 1 aromatic carbocycles. The molecule has 1 unspecified atom stereocenters. The molecule has 0 aliphatic rings. The zero-order chi connectivity index (χ0) is 19.9. The van der Waals surface area contributed by atoms with E-state index < -0.39 is 0 Å². The molecule has 3 aromatic rings. The second-order valence-electron chi connectivity index (χ2n) is 6.24. The summed E-state index contributed by atoms with van der Waals surface area (Å²) in [6.07, 6.45) is 2.68. The van der Waals surface area contributed by atoms with Crippen LogP contribution in [0.2, 0.25) is 0 Å². The molecule has 2 aromatic heterocycles. The SMILES string of the molecule is COc1ccc(CN(P)c2nc(NCCCCF)c3c(=O)[nH]ccc3n2)cc1. The van der Waals surface area contributed by atoms with E-state index in [1.54, 1.807) is 19.4 Å². The first-order valence-corrected chi connectivity index (χ1v) is 9.48. The first-order valence-electron chi connectivity index (χ1n) is 8.97. The number of alkyl halides is 1. The zero-order valence-electron chi connectivity index (χ0n) is 15.6. The highest BCUT2D eigenvalue weighted by Gasteiger charge is 2.14. The van der Waals surface area contributed by atoms with Gasteiger partial charge < -0.3 is 19.7 Å². The maximum Gasteiger partial charge on any atom is 0.261 e. The smallest absolute Gasteiger partial charge is 0.261 e. The maximum absolute atomic E-state index is 12.3. The Labute approximate surface area is 164 Å². The number of nitrogens with one attached hydrogen (secondary N) is 2. The van der Waals surface area contributed by atoms with Gasteiger partial charge in [-0.25, -0.2) is 4.98 Å².